The Bertz CT molecular complexity index is 1380. The molecule has 0 fully saturated rings. The van der Waals surface area contributed by atoms with Gasteiger partial charge in [-0.2, -0.15) is 0 Å². The molecule has 6 heteroatoms. The van der Waals surface area contributed by atoms with E-state index in [1.54, 1.807) is 18.8 Å². The molecule has 0 saturated carbocycles. The standard InChI is InChI=1S/C23H18N4OS/c1-24-22(28)16-8-6-7-15(13-16)14-29-23-26-18-10-3-2-9-17(18)21-25-19-11-4-5-12-20(19)27(21)23/h2-13H,14H2,1H3,(H,24,28). The number of nitrogens with zero attached hydrogens (tertiary/aromatic N) is 3. The number of thioether (sulfide) groups is 1. The number of carbonyl (C=O) groups is 1. The lowest BCUT2D eigenvalue weighted by Crippen LogP contribution is -2.17. The molecule has 5 rings (SSSR count). The van der Waals surface area contributed by atoms with Gasteiger partial charge in [0.25, 0.3) is 5.91 Å². The predicted molar refractivity (Wildman–Crippen MR) is 117 cm³/mol. The van der Waals surface area contributed by atoms with Crippen LogP contribution >= 0.6 is 11.8 Å². The highest BCUT2D eigenvalue weighted by molar-refractivity contribution is 7.98. The number of carbonyl (C=O) groups excluding carboxylic acids is 1. The summed E-state index contributed by atoms with van der Waals surface area (Å²) in [5.74, 6) is 0.626. The van der Waals surface area contributed by atoms with Crippen LogP contribution in [0, 0.1) is 0 Å². The molecule has 0 atom stereocenters. The Morgan fingerprint density at radius 3 is 2.62 bits per heavy atom. The highest BCUT2D eigenvalue weighted by Crippen LogP contribution is 2.30. The molecule has 0 saturated heterocycles. The van der Waals surface area contributed by atoms with Crippen LogP contribution in [0.1, 0.15) is 15.9 Å². The third kappa shape index (κ3) is 3.11. The summed E-state index contributed by atoms with van der Waals surface area (Å²) in [6, 6.07) is 23.9. The number of nitrogens with one attached hydrogen (secondary N) is 1. The number of hydrogen-bond acceptors (Lipinski definition) is 4. The minimum Gasteiger partial charge on any atom is -0.355 e. The van der Waals surface area contributed by atoms with Crippen molar-refractivity contribution in [3.05, 3.63) is 83.9 Å². The molecular formula is C23H18N4OS. The number of rotatable bonds is 4. The van der Waals surface area contributed by atoms with Crippen molar-refractivity contribution in [3.8, 4) is 0 Å². The minimum absolute atomic E-state index is 0.0799. The Morgan fingerprint density at radius 1 is 0.966 bits per heavy atom. The second-order valence-electron chi connectivity index (χ2n) is 6.74. The fourth-order valence-corrected chi connectivity index (χ4v) is 4.46. The van der Waals surface area contributed by atoms with Crippen molar-refractivity contribution in [1.29, 1.82) is 0 Å². The predicted octanol–water partition coefficient (Wildman–Crippen LogP) is 4.69. The van der Waals surface area contributed by atoms with E-state index in [-0.39, 0.29) is 5.91 Å². The van der Waals surface area contributed by atoms with E-state index >= 15 is 0 Å². The fraction of sp³-hybridized carbons (Fsp3) is 0.0870. The molecule has 0 spiro atoms. The summed E-state index contributed by atoms with van der Waals surface area (Å²) >= 11 is 1.65. The van der Waals surface area contributed by atoms with E-state index in [1.165, 1.54) is 0 Å². The Morgan fingerprint density at radius 2 is 1.76 bits per heavy atom. The van der Waals surface area contributed by atoms with Crippen molar-refractivity contribution in [3.63, 3.8) is 0 Å². The molecule has 3 aromatic carbocycles. The van der Waals surface area contributed by atoms with Gasteiger partial charge in [0.05, 0.1) is 16.6 Å². The highest BCUT2D eigenvalue weighted by Gasteiger charge is 2.14. The van der Waals surface area contributed by atoms with Crippen LogP contribution in [0.15, 0.2) is 78.0 Å². The van der Waals surface area contributed by atoms with Crippen molar-refractivity contribution in [2.75, 3.05) is 7.05 Å². The summed E-state index contributed by atoms with van der Waals surface area (Å²) in [7, 11) is 1.64. The Hall–Kier alpha value is -3.38. The number of aromatic nitrogens is 3. The van der Waals surface area contributed by atoms with E-state index in [0.29, 0.717) is 11.3 Å². The smallest absolute Gasteiger partial charge is 0.251 e. The van der Waals surface area contributed by atoms with Gasteiger partial charge in [-0.3, -0.25) is 9.20 Å². The maximum absolute atomic E-state index is 11.9. The summed E-state index contributed by atoms with van der Waals surface area (Å²) in [6.45, 7) is 0. The lowest BCUT2D eigenvalue weighted by Gasteiger charge is -2.09. The van der Waals surface area contributed by atoms with E-state index in [0.717, 1.165) is 38.3 Å². The van der Waals surface area contributed by atoms with Gasteiger partial charge in [-0.25, -0.2) is 9.97 Å². The normalized spacial score (nSPS) is 11.3. The first kappa shape index (κ1) is 17.7. The van der Waals surface area contributed by atoms with Crippen LogP contribution in [0.5, 0.6) is 0 Å². The third-order valence-electron chi connectivity index (χ3n) is 4.90. The fourth-order valence-electron chi connectivity index (χ4n) is 3.50. The first-order valence-corrected chi connectivity index (χ1v) is 10.3. The van der Waals surface area contributed by atoms with Crippen molar-refractivity contribution in [1.82, 2.24) is 19.7 Å². The second-order valence-corrected chi connectivity index (χ2v) is 7.68. The zero-order chi connectivity index (χ0) is 19.8. The van der Waals surface area contributed by atoms with Gasteiger partial charge >= 0.3 is 0 Å². The molecular weight excluding hydrogens is 380 g/mol. The first-order chi connectivity index (χ1) is 14.2. The minimum atomic E-state index is -0.0799. The summed E-state index contributed by atoms with van der Waals surface area (Å²) in [5.41, 5.74) is 5.57. The van der Waals surface area contributed by atoms with Gasteiger partial charge in [-0.05, 0) is 42.0 Å². The number of fused-ring (bicyclic) bond motifs is 5. The molecule has 1 N–H and O–H groups in total. The summed E-state index contributed by atoms with van der Waals surface area (Å²) in [6.07, 6.45) is 0. The van der Waals surface area contributed by atoms with Crippen LogP contribution in [0.25, 0.3) is 27.6 Å². The van der Waals surface area contributed by atoms with Gasteiger partial charge in [-0.1, -0.05) is 48.2 Å². The molecule has 0 aliphatic heterocycles. The Kier molecular flexibility index (Phi) is 4.41. The van der Waals surface area contributed by atoms with Gasteiger partial charge in [0.15, 0.2) is 5.16 Å². The highest BCUT2D eigenvalue weighted by atomic mass is 32.2. The van der Waals surface area contributed by atoms with Gasteiger partial charge in [0, 0.05) is 23.8 Å². The second kappa shape index (κ2) is 7.22. The van der Waals surface area contributed by atoms with Crippen molar-refractivity contribution in [2.24, 2.45) is 0 Å². The number of benzene rings is 3. The van der Waals surface area contributed by atoms with Crippen molar-refractivity contribution >= 4 is 45.3 Å². The molecule has 5 aromatic rings. The van der Waals surface area contributed by atoms with Gasteiger partial charge < -0.3 is 5.32 Å². The number of imidazole rings is 1. The zero-order valence-corrected chi connectivity index (χ0v) is 16.6. The average Bonchev–Trinajstić information content (AvgIpc) is 3.17. The Balaban J connectivity index is 1.61. The number of hydrogen-bond donors (Lipinski definition) is 1. The number of amides is 1. The molecule has 0 unspecified atom stereocenters. The van der Waals surface area contributed by atoms with E-state index in [9.17, 15) is 4.79 Å². The average molecular weight is 398 g/mol. The van der Waals surface area contributed by atoms with Crippen LogP contribution < -0.4 is 5.32 Å². The van der Waals surface area contributed by atoms with Crippen LogP contribution in [0.4, 0.5) is 0 Å². The van der Waals surface area contributed by atoms with Crippen molar-refractivity contribution < 1.29 is 4.79 Å². The van der Waals surface area contributed by atoms with Crippen LogP contribution in [-0.4, -0.2) is 27.3 Å². The molecule has 1 amide bonds. The SMILES string of the molecule is CNC(=O)c1cccc(CSc2nc3ccccc3c3nc4ccccc4n23)c1. The first-order valence-electron chi connectivity index (χ1n) is 9.34. The zero-order valence-electron chi connectivity index (χ0n) is 15.8. The lowest BCUT2D eigenvalue weighted by atomic mass is 10.1. The van der Waals surface area contributed by atoms with Crippen LogP contribution in [-0.2, 0) is 5.75 Å². The molecule has 0 aliphatic rings. The summed E-state index contributed by atoms with van der Waals surface area (Å²) < 4.78 is 2.13. The maximum atomic E-state index is 11.9. The van der Waals surface area contributed by atoms with E-state index < -0.39 is 0 Å². The summed E-state index contributed by atoms with van der Waals surface area (Å²) in [4.78, 5) is 21.7. The van der Waals surface area contributed by atoms with Gasteiger partial charge in [-0.15, -0.1) is 0 Å². The maximum Gasteiger partial charge on any atom is 0.251 e. The van der Waals surface area contributed by atoms with Gasteiger partial charge in [0.1, 0.15) is 5.65 Å². The van der Waals surface area contributed by atoms with Crippen molar-refractivity contribution in [2.45, 2.75) is 10.9 Å². The molecule has 2 heterocycles. The van der Waals surface area contributed by atoms with Crippen LogP contribution in [0.3, 0.4) is 0 Å². The molecule has 2 aromatic heterocycles. The molecule has 5 nitrogen and oxygen atoms in total. The van der Waals surface area contributed by atoms with Crippen LogP contribution in [0.2, 0.25) is 0 Å². The molecule has 0 radical (unpaired) electrons. The topological polar surface area (TPSA) is 59.3 Å². The number of para-hydroxylation sites is 3. The van der Waals surface area contributed by atoms with E-state index in [4.69, 9.17) is 9.97 Å². The molecule has 29 heavy (non-hydrogen) atoms. The molecule has 0 aliphatic carbocycles. The quantitative estimate of drug-likeness (QED) is 0.352. The molecule has 142 valence electrons. The third-order valence-corrected chi connectivity index (χ3v) is 5.91. The molecule has 0 bridgehead atoms. The van der Waals surface area contributed by atoms with E-state index in [1.807, 2.05) is 60.7 Å². The Labute approximate surface area is 171 Å². The largest absolute Gasteiger partial charge is 0.355 e. The van der Waals surface area contributed by atoms with E-state index in [2.05, 4.69) is 21.9 Å². The lowest BCUT2D eigenvalue weighted by molar-refractivity contribution is 0.0963. The van der Waals surface area contributed by atoms with Gasteiger partial charge in [0.2, 0.25) is 0 Å². The monoisotopic (exact) mass is 398 g/mol. The summed E-state index contributed by atoms with van der Waals surface area (Å²) in [5, 5.41) is 4.60.